The number of hydrogen-bond acceptors (Lipinski definition) is 2. The van der Waals surface area contributed by atoms with Crippen LogP contribution in [0.5, 0.6) is 0 Å². The zero-order valence-electron chi connectivity index (χ0n) is 10.0. The van der Waals surface area contributed by atoms with Crippen molar-refractivity contribution in [3.63, 3.8) is 0 Å². The van der Waals surface area contributed by atoms with E-state index in [1.54, 1.807) is 0 Å². The van der Waals surface area contributed by atoms with Crippen LogP contribution in [0.2, 0.25) is 0 Å². The summed E-state index contributed by atoms with van der Waals surface area (Å²) in [6.45, 7) is 9.90. The zero-order valence-corrected chi connectivity index (χ0v) is 11.6. The van der Waals surface area contributed by atoms with Crippen LogP contribution in [0, 0.1) is 5.92 Å². The van der Waals surface area contributed by atoms with Gasteiger partial charge in [-0.1, -0.05) is 36.2 Å². The second-order valence-electron chi connectivity index (χ2n) is 4.55. The minimum Gasteiger partial charge on any atom is -0.380 e. The molecule has 1 aliphatic rings. The summed E-state index contributed by atoms with van der Waals surface area (Å²) in [5.74, 6) is 0.773. The van der Waals surface area contributed by atoms with E-state index >= 15 is 0 Å². The zero-order chi connectivity index (χ0) is 11.1. The number of alkyl halides is 1. The molecule has 0 amide bonds. The predicted octanol–water partition coefficient (Wildman–Crippen LogP) is 2.91. The average Bonchev–Trinajstić information content (AvgIpc) is 2.23. The molecule has 0 radical (unpaired) electrons. The minimum absolute atomic E-state index is 0.717. The maximum absolute atomic E-state index is 5.59. The Kier molecular flexibility index (Phi) is 6.86. The van der Waals surface area contributed by atoms with Gasteiger partial charge in [0.25, 0.3) is 0 Å². The Hall–Kier alpha value is 0.400. The summed E-state index contributed by atoms with van der Waals surface area (Å²) in [5, 5.41) is 0. The van der Waals surface area contributed by atoms with Crippen LogP contribution in [0.3, 0.4) is 0 Å². The molecule has 90 valence electrons. The summed E-state index contributed by atoms with van der Waals surface area (Å²) < 4.78 is 5.59. The number of nitrogens with zero attached hydrogens (tertiary/aromatic N) is 1. The molecule has 1 aliphatic heterocycles. The fourth-order valence-corrected chi connectivity index (χ4v) is 2.32. The normalized spacial score (nSPS) is 28.2. The highest BCUT2D eigenvalue weighted by Crippen LogP contribution is 2.22. The Morgan fingerprint density at radius 2 is 2.20 bits per heavy atom. The van der Waals surface area contributed by atoms with Gasteiger partial charge >= 0.3 is 0 Å². The van der Waals surface area contributed by atoms with Gasteiger partial charge in [0.05, 0.1) is 6.61 Å². The number of likely N-dealkylation sites (tertiary alicyclic amines) is 1. The predicted molar refractivity (Wildman–Crippen MR) is 68.7 cm³/mol. The fourth-order valence-electron chi connectivity index (χ4n) is 1.95. The molecule has 0 aromatic rings. The maximum atomic E-state index is 5.59. The lowest BCUT2D eigenvalue weighted by atomic mass is 10.0. The van der Waals surface area contributed by atoms with Crippen molar-refractivity contribution in [2.24, 2.45) is 5.92 Å². The quantitative estimate of drug-likeness (QED) is 0.547. The van der Waals surface area contributed by atoms with E-state index in [9.17, 15) is 0 Å². The van der Waals surface area contributed by atoms with Crippen LogP contribution in [-0.2, 0) is 4.74 Å². The first-order valence-corrected chi connectivity index (χ1v) is 7.09. The first-order chi connectivity index (χ1) is 7.24. The lowest BCUT2D eigenvalue weighted by Crippen LogP contribution is -2.41. The number of piperidine rings is 1. The van der Waals surface area contributed by atoms with Gasteiger partial charge in [-0.05, 0) is 25.3 Å². The van der Waals surface area contributed by atoms with Gasteiger partial charge in [-0.15, -0.1) is 0 Å². The molecule has 15 heavy (non-hydrogen) atoms. The van der Waals surface area contributed by atoms with Gasteiger partial charge in [-0.3, -0.25) is 0 Å². The summed E-state index contributed by atoms with van der Waals surface area (Å²) >= 11 is 3.73. The minimum atomic E-state index is 0.717. The lowest BCUT2D eigenvalue weighted by Gasteiger charge is -2.34. The molecule has 0 aromatic heterocycles. The van der Waals surface area contributed by atoms with E-state index in [0.29, 0.717) is 0 Å². The van der Waals surface area contributed by atoms with Crippen molar-refractivity contribution in [1.29, 1.82) is 0 Å². The Morgan fingerprint density at radius 1 is 1.40 bits per heavy atom. The highest BCUT2D eigenvalue weighted by Gasteiger charge is 2.23. The van der Waals surface area contributed by atoms with Crippen molar-refractivity contribution in [1.82, 2.24) is 4.90 Å². The molecule has 0 saturated carbocycles. The molecular formula is C12H24BrNO. The highest BCUT2D eigenvalue weighted by atomic mass is 79.9. The SMILES string of the molecule is CCCCOCCN1CCC(Br)C(C)C1. The summed E-state index contributed by atoms with van der Waals surface area (Å²) in [4.78, 5) is 3.24. The van der Waals surface area contributed by atoms with Crippen LogP contribution in [0.25, 0.3) is 0 Å². The summed E-state index contributed by atoms with van der Waals surface area (Å²) in [5.41, 5.74) is 0. The van der Waals surface area contributed by atoms with E-state index in [2.05, 4.69) is 34.7 Å². The van der Waals surface area contributed by atoms with E-state index in [1.807, 2.05) is 0 Å². The molecule has 2 atom stereocenters. The molecule has 1 fully saturated rings. The summed E-state index contributed by atoms with van der Waals surface area (Å²) in [6.07, 6.45) is 3.70. The Labute approximate surface area is 102 Å². The highest BCUT2D eigenvalue weighted by molar-refractivity contribution is 9.09. The first-order valence-electron chi connectivity index (χ1n) is 6.18. The number of hydrogen-bond donors (Lipinski definition) is 0. The number of rotatable bonds is 6. The van der Waals surface area contributed by atoms with Gasteiger partial charge in [-0.25, -0.2) is 0 Å². The molecule has 0 N–H and O–H groups in total. The van der Waals surface area contributed by atoms with E-state index in [1.165, 1.54) is 32.4 Å². The maximum Gasteiger partial charge on any atom is 0.0593 e. The molecule has 0 aromatic carbocycles. The van der Waals surface area contributed by atoms with Crippen LogP contribution in [-0.4, -0.2) is 42.6 Å². The number of halogens is 1. The largest absolute Gasteiger partial charge is 0.380 e. The topological polar surface area (TPSA) is 12.5 Å². The Morgan fingerprint density at radius 3 is 2.87 bits per heavy atom. The van der Waals surface area contributed by atoms with E-state index in [-0.39, 0.29) is 0 Å². The van der Waals surface area contributed by atoms with Crippen LogP contribution in [0.15, 0.2) is 0 Å². The second-order valence-corrected chi connectivity index (χ2v) is 5.72. The molecule has 0 bridgehead atoms. The van der Waals surface area contributed by atoms with Gasteiger partial charge in [0.2, 0.25) is 0 Å². The number of ether oxygens (including phenoxy) is 1. The summed E-state index contributed by atoms with van der Waals surface area (Å²) in [6, 6.07) is 0. The molecular weight excluding hydrogens is 254 g/mol. The third-order valence-electron chi connectivity index (χ3n) is 3.08. The third kappa shape index (κ3) is 5.32. The Bertz CT molecular complexity index is 166. The van der Waals surface area contributed by atoms with Crippen molar-refractivity contribution in [2.45, 2.75) is 37.9 Å². The molecule has 2 nitrogen and oxygen atoms in total. The lowest BCUT2D eigenvalue weighted by molar-refractivity contribution is 0.0872. The second kappa shape index (κ2) is 7.64. The van der Waals surface area contributed by atoms with Crippen molar-refractivity contribution in [2.75, 3.05) is 32.8 Å². The molecule has 3 heteroatoms. The van der Waals surface area contributed by atoms with Crippen molar-refractivity contribution in [3.8, 4) is 0 Å². The monoisotopic (exact) mass is 277 g/mol. The molecule has 0 spiro atoms. The van der Waals surface area contributed by atoms with Crippen LogP contribution in [0.4, 0.5) is 0 Å². The number of unbranched alkanes of at least 4 members (excludes halogenated alkanes) is 1. The van der Waals surface area contributed by atoms with Crippen LogP contribution >= 0.6 is 15.9 Å². The molecule has 1 heterocycles. The standard InChI is InChI=1S/C12H24BrNO/c1-3-4-8-15-9-7-14-6-5-12(13)11(2)10-14/h11-12H,3-10H2,1-2H3. The average molecular weight is 278 g/mol. The summed E-state index contributed by atoms with van der Waals surface area (Å²) in [7, 11) is 0. The van der Waals surface area contributed by atoms with Gasteiger partial charge < -0.3 is 9.64 Å². The van der Waals surface area contributed by atoms with Gasteiger partial charge in [-0.2, -0.15) is 0 Å². The third-order valence-corrected chi connectivity index (χ3v) is 4.44. The molecule has 1 rings (SSSR count). The molecule has 0 aliphatic carbocycles. The Balaban J connectivity index is 2.02. The van der Waals surface area contributed by atoms with Crippen molar-refractivity contribution >= 4 is 15.9 Å². The van der Waals surface area contributed by atoms with Gasteiger partial charge in [0.1, 0.15) is 0 Å². The van der Waals surface area contributed by atoms with Crippen molar-refractivity contribution < 1.29 is 4.74 Å². The van der Waals surface area contributed by atoms with E-state index in [0.717, 1.165) is 30.5 Å². The van der Waals surface area contributed by atoms with Gasteiger partial charge in [0, 0.05) is 24.5 Å². The van der Waals surface area contributed by atoms with Crippen LogP contribution < -0.4 is 0 Å². The van der Waals surface area contributed by atoms with Crippen molar-refractivity contribution in [3.05, 3.63) is 0 Å². The van der Waals surface area contributed by atoms with Crippen LogP contribution in [0.1, 0.15) is 33.1 Å². The first kappa shape index (κ1) is 13.5. The smallest absolute Gasteiger partial charge is 0.0593 e. The van der Waals surface area contributed by atoms with E-state index in [4.69, 9.17) is 4.74 Å². The molecule has 1 saturated heterocycles. The van der Waals surface area contributed by atoms with Gasteiger partial charge in [0.15, 0.2) is 0 Å². The van der Waals surface area contributed by atoms with E-state index < -0.39 is 0 Å². The molecule has 2 unspecified atom stereocenters. The fraction of sp³-hybridized carbons (Fsp3) is 1.00.